The second-order valence-corrected chi connectivity index (χ2v) is 31.1. The largest absolute Gasteiger partial charge is 0.309 e. The fourth-order valence-electron chi connectivity index (χ4n) is 16.2. The zero-order valence-corrected chi connectivity index (χ0v) is 62.6. The highest BCUT2D eigenvalue weighted by molar-refractivity contribution is 7.85. The van der Waals surface area contributed by atoms with E-state index in [1.54, 1.807) is 0 Å². The minimum Gasteiger partial charge on any atom is -0.309 e. The van der Waals surface area contributed by atoms with Gasteiger partial charge in [-0.1, -0.05) is 297 Å². The lowest BCUT2D eigenvalue weighted by Gasteiger charge is -2.11. The van der Waals surface area contributed by atoms with E-state index in [0.717, 1.165) is 127 Å². The van der Waals surface area contributed by atoms with Crippen molar-refractivity contribution in [3.8, 4) is 135 Å². The van der Waals surface area contributed by atoms with Crippen LogP contribution in [-0.2, 0) is 10.8 Å². The Morgan fingerprint density at radius 2 is 0.566 bits per heavy atom. The normalized spacial score (nSPS) is 12.4. The van der Waals surface area contributed by atoms with Crippen molar-refractivity contribution in [3.05, 3.63) is 400 Å². The van der Waals surface area contributed by atoms with Crippen molar-refractivity contribution in [1.82, 2.24) is 29.1 Å². The Bertz CT molecular complexity index is 7160. The molecular formula is C104H66N6OS2. The van der Waals surface area contributed by atoms with Crippen LogP contribution in [0.5, 0.6) is 0 Å². The van der Waals surface area contributed by atoms with Crippen LogP contribution in [0.4, 0.5) is 0 Å². The van der Waals surface area contributed by atoms with Gasteiger partial charge < -0.3 is 9.13 Å². The van der Waals surface area contributed by atoms with Gasteiger partial charge in [-0.3, -0.25) is 0 Å². The van der Waals surface area contributed by atoms with Gasteiger partial charge in [0.05, 0.1) is 65.4 Å². The van der Waals surface area contributed by atoms with E-state index in [-0.39, 0.29) is 0 Å². The first-order valence-corrected chi connectivity index (χ1v) is 39.9. The Hall–Kier alpha value is -14.4. The minimum atomic E-state index is -1.17. The van der Waals surface area contributed by atoms with Crippen LogP contribution in [0.3, 0.4) is 0 Å². The van der Waals surface area contributed by atoms with Gasteiger partial charge in [-0.15, -0.1) is 11.3 Å². The van der Waals surface area contributed by atoms with Gasteiger partial charge in [-0.2, -0.15) is 0 Å². The van der Waals surface area contributed by atoms with Gasteiger partial charge in [0.1, 0.15) is 0 Å². The molecule has 6 heterocycles. The summed E-state index contributed by atoms with van der Waals surface area (Å²) in [7, 11) is -1.17. The zero-order chi connectivity index (χ0) is 74.9. The molecular weight excluding hydrogens is 1410 g/mol. The maximum absolute atomic E-state index is 13.4. The zero-order valence-electron chi connectivity index (χ0n) is 61.0. The van der Waals surface area contributed by atoms with Crippen LogP contribution >= 0.6 is 11.3 Å². The van der Waals surface area contributed by atoms with Gasteiger partial charge in [-0.25, -0.2) is 24.1 Å². The van der Waals surface area contributed by atoms with Gasteiger partial charge >= 0.3 is 0 Å². The lowest BCUT2D eigenvalue weighted by molar-refractivity contribution is 0.685. The SMILES string of the molecule is O=S1c2ccccc2-c2ccc(-c3ccc(-n4c5ccccc5c5cc(-c6cccc(-c7nc(-c8ccccc8)cc(-c8ccccc8)n7)c6)ccc54)cc3)cc21.c1ccc(-c2cc(-c3ccccc3)nc(-c3ccc(-c4ccc5c(c4)c4ccccc4n5-c4ccc(-c5ccc6c(c5)sc5ccccc56)cc4)cc3)n2)cc1. The molecule has 0 N–H and O–H groups in total. The number of aromatic nitrogens is 6. The molecule has 22 rings (SSSR count). The van der Waals surface area contributed by atoms with E-state index in [2.05, 4.69) is 319 Å². The van der Waals surface area contributed by atoms with Gasteiger partial charge in [-0.05, 0) is 159 Å². The third kappa shape index (κ3) is 12.3. The van der Waals surface area contributed by atoms with Crippen LogP contribution in [0.25, 0.3) is 199 Å². The fourth-order valence-corrected chi connectivity index (χ4v) is 18.8. The molecule has 7 nitrogen and oxygen atoms in total. The first-order chi connectivity index (χ1) is 55.9. The molecule has 0 bridgehead atoms. The van der Waals surface area contributed by atoms with Crippen molar-refractivity contribution >= 4 is 85.9 Å². The summed E-state index contributed by atoms with van der Waals surface area (Å²) in [5.74, 6) is 1.40. The number of hydrogen-bond donors (Lipinski definition) is 0. The minimum absolute atomic E-state index is 0.691. The monoisotopic (exact) mass is 1480 g/mol. The molecule has 113 heavy (non-hydrogen) atoms. The molecule has 1 aliphatic rings. The molecule has 1 unspecified atom stereocenters. The molecule has 16 aromatic carbocycles. The summed E-state index contributed by atoms with van der Waals surface area (Å²) in [5.41, 5.74) is 27.9. The van der Waals surface area contributed by atoms with Gasteiger partial charge in [0.25, 0.3) is 0 Å². The smallest absolute Gasteiger partial charge is 0.160 e. The van der Waals surface area contributed by atoms with Gasteiger partial charge in [0.15, 0.2) is 11.6 Å². The van der Waals surface area contributed by atoms with Gasteiger partial charge in [0, 0.05) is 86.5 Å². The van der Waals surface area contributed by atoms with Crippen LogP contribution in [0, 0.1) is 0 Å². The topological polar surface area (TPSA) is 78.5 Å². The first kappa shape index (κ1) is 66.8. The Labute approximate surface area is 659 Å². The summed E-state index contributed by atoms with van der Waals surface area (Å²) < 4.78 is 20.7. The van der Waals surface area contributed by atoms with Crippen molar-refractivity contribution in [3.63, 3.8) is 0 Å². The average Bonchev–Trinajstić information content (AvgIpc) is 1.60. The Kier molecular flexibility index (Phi) is 16.7. The second-order valence-electron chi connectivity index (χ2n) is 28.6. The van der Waals surface area contributed by atoms with E-state index in [4.69, 9.17) is 19.9 Å². The molecule has 9 heteroatoms. The predicted octanol–water partition coefficient (Wildman–Crippen LogP) is 27.3. The maximum atomic E-state index is 13.4. The molecule has 0 saturated carbocycles. The summed E-state index contributed by atoms with van der Waals surface area (Å²) in [6.07, 6.45) is 0. The average molecular weight is 1480 g/mol. The lowest BCUT2D eigenvalue weighted by atomic mass is 10.00. The van der Waals surface area contributed by atoms with Gasteiger partial charge in [0.2, 0.25) is 0 Å². The Balaban J connectivity index is 0.000000142. The van der Waals surface area contributed by atoms with Crippen LogP contribution in [-0.4, -0.2) is 33.3 Å². The molecule has 0 radical (unpaired) electrons. The highest BCUT2D eigenvalue weighted by Gasteiger charge is 2.26. The van der Waals surface area contributed by atoms with Crippen molar-refractivity contribution < 1.29 is 4.21 Å². The van der Waals surface area contributed by atoms with E-state index in [0.29, 0.717) is 11.6 Å². The standard InChI is InChI=1S/C52H33N3OS.C52H33N3S/c56-57-50-21-10-8-19-43(50)44-28-24-39(32-51(44)57)34-22-26-41(27-23-34)55-48-20-9-7-18-42(48)45-31-38(25-29-49(45)55)37-16-11-17-40(30-37)52-53-46(35-12-3-1-4-13-35)33-47(54-52)36-14-5-2-6-15-36;1-3-11-36(12-4-1)46-33-47(37-13-5-2-6-14-37)54-52(53-46)38-21-19-34(20-22-38)39-26-30-49-45(31-39)42-15-7-9-17-48(42)55(49)41-27-23-35(24-28-41)40-25-29-44-43-16-8-10-18-50(43)56-51(44)32-40/h1-33H;1-33H. The van der Waals surface area contributed by atoms with Crippen LogP contribution in [0.1, 0.15) is 0 Å². The van der Waals surface area contributed by atoms with E-state index in [1.807, 2.05) is 102 Å². The molecule has 0 aliphatic carbocycles. The molecule has 0 spiro atoms. The number of hydrogen-bond acceptors (Lipinski definition) is 6. The number of rotatable bonds is 12. The molecule has 5 aromatic heterocycles. The summed E-state index contributed by atoms with van der Waals surface area (Å²) >= 11 is 1.86. The lowest BCUT2D eigenvalue weighted by Crippen LogP contribution is -1.96. The van der Waals surface area contributed by atoms with E-state index in [9.17, 15) is 4.21 Å². The second kappa shape index (κ2) is 28.3. The summed E-state index contributed by atoms with van der Waals surface area (Å²) in [5, 5.41) is 7.51. The molecule has 1 atom stereocenters. The van der Waals surface area contributed by atoms with E-state index in [1.165, 1.54) is 69.4 Å². The predicted molar refractivity (Wildman–Crippen MR) is 470 cm³/mol. The van der Waals surface area contributed by atoms with Crippen molar-refractivity contribution in [2.45, 2.75) is 9.79 Å². The first-order valence-electron chi connectivity index (χ1n) is 38.0. The number of benzene rings is 16. The van der Waals surface area contributed by atoms with Crippen molar-refractivity contribution in [1.29, 1.82) is 0 Å². The number of thiophene rings is 1. The van der Waals surface area contributed by atoms with Crippen LogP contribution in [0.2, 0.25) is 0 Å². The van der Waals surface area contributed by atoms with Crippen molar-refractivity contribution in [2.24, 2.45) is 0 Å². The number of para-hydroxylation sites is 2. The van der Waals surface area contributed by atoms with E-state index >= 15 is 0 Å². The summed E-state index contributed by atoms with van der Waals surface area (Å²) in [6.45, 7) is 0. The maximum Gasteiger partial charge on any atom is 0.160 e. The summed E-state index contributed by atoms with van der Waals surface area (Å²) in [4.78, 5) is 22.0. The molecule has 21 aromatic rings. The molecule has 0 amide bonds. The molecule has 530 valence electrons. The molecule has 0 saturated heterocycles. The highest BCUT2D eigenvalue weighted by atomic mass is 32.2. The fraction of sp³-hybridized carbons (Fsp3) is 0. The molecule has 1 aliphatic heterocycles. The Morgan fingerprint density at radius 3 is 1.11 bits per heavy atom. The number of fused-ring (bicyclic) bond motifs is 12. The quantitative estimate of drug-likeness (QED) is 0.122. The third-order valence-electron chi connectivity index (χ3n) is 21.9. The summed E-state index contributed by atoms with van der Waals surface area (Å²) in [6, 6.07) is 141. The van der Waals surface area contributed by atoms with E-state index < -0.39 is 10.8 Å². The number of nitrogens with zero attached hydrogens (tertiary/aromatic N) is 6. The van der Waals surface area contributed by atoms with Crippen molar-refractivity contribution in [2.75, 3.05) is 0 Å². The molecule has 0 fully saturated rings. The van der Waals surface area contributed by atoms with Crippen LogP contribution < -0.4 is 0 Å². The highest BCUT2D eigenvalue weighted by Crippen LogP contribution is 2.45. The Morgan fingerprint density at radius 1 is 0.212 bits per heavy atom. The third-order valence-corrected chi connectivity index (χ3v) is 24.5. The van der Waals surface area contributed by atoms with Crippen LogP contribution in [0.15, 0.2) is 410 Å².